The molecule has 0 spiro atoms. The predicted molar refractivity (Wildman–Crippen MR) is 114 cm³/mol. The number of aromatic hydroxyl groups is 1. The van der Waals surface area contributed by atoms with E-state index in [2.05, 4.69) is 15.5 Å². The molecule has 0 unspecified atom stereocenters. The van der Waals surface area contributed by atoms with Gasteiger partial charge in [0, 0.05) is 10.4 Å². The standard InChI is InChI=1S/C22H15ClF2N4O2/c23-13-5-10-19-16(11-13)21(28-27-15-8-6-14(24)7-9-15)22(31)29(19)12-20(30)26-18-4-2-1-3-17(18)25/h1-11,31H,12H2,(H,26,30). The zero-order valence-electron chi connectivity index (χ0n) is 15.9. The van der Waals surface area contributed by atoms with Crippen molar-refractivity contribution in [2.45, 2.75) is 6.54 Å². The van der Waals surface area contributed by atoms with Crippen molar-refractivity contribution < 1.29 is 18.7 Å². The second kappa shape index (κ2) is 8.53. The number of anilines is 1. The van der Waals surface area contributed by atoms with E-state index < -0.39 is 17.5 Å². The highest BCUT2D eigenvalue weighted by Gasteiger charge is 2.19. The average molecular weight is 441 g/mol. The number of aromatic nitrogens is 1. The summed E-state index contributed by atoms with van der Waals surface area (Å²) in [5.41, 5.74) is 0.989. The first-order valence-electron chi connectivity index (χ1n) is 9.15. The second-order valence-corrected chi connectivity index (χ2v) is 7.06. The molecule has 1 amide bonds. The Kier molecular flexibility index (Phi) is 5.64. The number of fused-ring (bicyclic) bond motifs is 1. The Balaban J connectivity index is 1.69. The lowest BCUT2D eigenvalue weighted by molar-refractivity contribution is -0.116. The van der Waals surface area contributed by atoms with Crippen LogP contribution in [0.4, 0.5) is 25.8 Å². The number of nitrogens with one attached hydrogen (secondary N) is 1. The van der Waals surface area contributed by atoms with Crippen molar-refractivity contribution in [2.75, 3.05) is 5.32 Å². The molecule has 6 nitrogen and oxygen atoms in total. The highest BCUT2D eigenvalue weighted by molar-refractivity contribution is 6.31. The van der Waals surface area contributed by atoms with Crippen LogP contribution in [-0.2, 0) is 11.3 Å². The average Bonchev–Trinajstić information content (AvgIpc) is 2.99. The van der Waals surface area contributed by atoms with Crippen molar-refractivity contribution in [1.29, 1.82) is 0 Å². The minimum atomic E-state index is -0.571. The lowest BCUT2D eigenvalue weighted by Gasteiger charge is -2.09. The molecule has 0 aliphatic rings. The van der Waals surface area contributed by atoms with Gasteiger partial charge in [-0.3, -0.25) is 4.79 Å². The van der Waals surface area contributed by atoms with Gasteiger partial charge in [-0.2, -0.15) is 5.11 Å². The van der Waals surface area contributed by atoms with E-state index in [4.69, 9.17) is 11.6 Å². The smallest absolute Gasteiger partial charge is 0.244 e. The molecule has 4 aromatic rings. The molecule has 0 atom stereocenters. The normalized spacial score (nSPS) is 11.3. The molecule has 156 valence electrons. The van der Waals surface area contributed by atoms with Gasteiger partial charge in [0.25, 0.3) is 0 Å². The summed E-state index contributed by atoms with van der Waals surface area (Å²) in [6.07, 6.45) is 0. The number of azo groups is 1. The van der Waals surface area contributed by atoms with Crippen molar-refractivity contribution in [1.82, 2.24) is 4.57 Å². The number of carbonyl (C=O) groups is 1. The molecule has 0 aliphatic heterocycles. The molecule has 0 saturated heterocycles. The first-order valence-corrected chi connectivity index (χ1v) is 9.52. The first kappa shape index (κ1) is 20.5. The monoisotopic (exact) mass is 440 g/mol. The number of amides is 1. The van der Waals surface area contributed by atoms with Crippen molar-refractivity contribution in [2.24, 2.45) is 10.2 Å². The maximum absolute atomic E-state index is 13.8. The molecule has 0 bridgehead atoms. The number of benzene rings is 3. The Morgan fingerprint density at radius 2 is 1.77 bits per heavy atom. The Hall–Kier alpha value is -3.78. The fourth-order valence-corrected chi connectivity index (χ4v) is 3.24. The van der Waals surface area contributed by atoms with Gasteiger partial charge in [-0.1, -0.05) is 23.7 Å². The SMILES string of the molecule is O=C(Cn1c(O)c(N=Nc2ccc(F)cc2)c2cc(Cl)ccc21)Nc1ccccc1F. The largest absolute Gasteiger partial charge is 0.493 e. The fraction of sp³-hybridized carbons (Fsp3) is 0.0455. The summed E-state index contributed by atoms with van der Waals surface area (Å²) in [6.45, 7) is -0.301. The molecule has 3 aromatic carbocycles. The van der Waals surface area contributed by atoms with Crippen molar-refractivity contribution in [3.63, 3.8) is 0 Å². The van der Waals surface area contributed by atoms with Crippen molar-refractivity contribution >= 4 is 45.5 Å². The Bertz CT molecular complexity index is 1300. The van der Waals surface area contributed by atoms with Gasteiger partial charge < -0.3 is 15.0 Å². The first-order chi connectivity index (χ1) is 14.9. The van der Waals surface area contributed by atoms with Gasteiger partial charge in [-0.15, -0.1) is 5.11 Å². The van der Waals surface area contributed by atoms with E-state index in [1.165, 1.54) is 47.0 Å². The molecular formula is C22H15ClF2N4O2. The van der Waals surface area contributed by atoms with Gasteiger partial charge in [-0.25, -0.2) is 8.78 Å². The maximum atomic E-state index is 13.8. The summed E-state index contributed by atoms with van der Waals surface area (Å²) in [5.74, 6) is -1.84. The van der Waals surface area contributed by atoms with Crippen LogP contribution in [0.25, 0.3) is 10.9 Å². The van der Waals surface area contributed by atoms with Crippen LogP contribution in [-0.4, -0.2) is 15.6 Å². The van der Waals surface area contributed by atoms with Crippen molar-refractivity contribution in [3.8, 4) is 5.88 Å². The molecule has 0 aliphatic carbocycles. The molecule has 1 heterocycles. The van der Waals surface area contributed by atoms with Crippen LogP contribution in [0.1, 0.15) is 0 Å². The van der Waals surface area contributed by atoms with E-state index in [1.807, 2.05) is 0 Å². The van der Waals surface area contributed by atoms with E-state index in [1.54, 1.807) is 24.3 Å². The summed E-state index contributed by atoms with van der Waals surface area (Å²) in [5, 5.41) is 22.2. The fourth-order valence-electron chi connectivity index (χ4n) is 3.07. The van der Waals surface area contributed by atoms with Crippen LogP contribution in [0, 0.1) is 11.6 Å². The summed E-state index contributed by atoms with van der Waals surface area (Å²) in [6, 6.07) is 15.9. The minimum absolute atomic E-state index is 0.0303. The van der Waals surface area contributed by atoms with E-state index in [9.17, 15) is 18.7 Å². The Morgan fingerprint density at radius 3 is 2.52 bits per heavy atom. The van der Waals surface area contributed by atoms with Crippen LogP contribution < -0.4 is 5.32 Å². The number of hydrogen-bond donors (Lipinski definition) is 2. The predicted octanol–water partition coefficient (Wildman–Crippen LogP) is 6.33. The number of para-hydroxylation sites is 1. The summed E-state index contributed by atoms with van der Waals surface area (Å²) >= 11 is 6.09. The molecule has 4 rings (SSSR count). The minimum Gasteiger partial charge on any atom is -0.493 e. The van der Waals surface area contributed by atoms with Gasteiger partial charge in [0.1, 0.15) is 18.2 Å². The second-order valence-electron chi connectivity index (χ2n) is 6.62. The van der Waals surface area contributed by atoms with Gasteiger partial charge in [0.15, 0.2) is 5.69 Å². The van der Waals surface area contributed by atoms with Gasteiger partial charge >= 0.3 is 0 Å². The zero-order chi connectivity index (χ0) is 22.0. The molecule has 31 heavy (non-hydrogen) atoms. The molecule has 9 heteroatoms. The molecule has 2 N–H and O–H groups in total. The molecule has 0 saturated carbocycles. The third kappa shape index (κ3) is 4.39. The Labute approximate surface area is 180 Å². The number of rotatable bonds is 5. The lowest BCUT2D eigenvalue weighted by Crippen LogP contribution is -2.19. The van der Waals surface area contributed by atoms with Gasteiger partial charge in [0.05, 0.1) is 16.9 Å². The van der Waals surface area contributed by atoms with E-state index in [-0.39, 0.29) is 23.8 Å². The molecule has 0 radical (unpaired) electrons. The molecular weight excluding hydrogens is 426 g/mol. The van der Waals surface area contributed by atoms with Gasteiger partial charge in [0.2, 0.25) is 11.8 Å². The van der Waals surface area contributed by atoms with Crippen molar-refractivity contribution in [3.05, 3.63) is 83.4 Å². The molecule has 0 fully saturated rings. The van der Waals surface area contributed by atoms with Gasteiger partial charge in [-0.05, 0) is 54.6 Å². The quantitative estimate of drug-likeness (QED) is 0.355. The summed E-state index contributed by atoms with van der Waals surface area (Å²) in [4.78, 5) is 12.5. The molecule has 1 aromatic heterocycles. The summed E-state index contributed by atoms with van der Waals surface area (Å²) < 4.78 is 28.2. The van der Waals surface area contributed by atoms with Crippen LogP contribution in [0.2, 0.25) is 5.02 Å². The number of halogens is 3. The van der Waals surface area contributed by atoms with Crippen LogP contribution in [0.3, 0.4) is 0 Å². The Morgan fingerprint density at radius 1 is 1.03 bits per heavy atom. The van der Waals surface area contributed by atoms with Crippen LogP contribution >= 0.6 is 11.6 Å². The van der Waals surface area contributed by atoms with E-state index >= 15 is 0 Å². The zero-order valence-corrected chi connectivity index (χ0v) is 16.6. The summed E-state index contributed by atoms with van der Waals surface area (Å²) in [7, 11) is 0. The van der Waals surface area contributed by atoms with E-state index in [0.717, 1.165) is 0 Å². The maximum Gasteiger partial charge on any atom is 0.244 e. The highest BCUT2D eigenvalue weighted by atomic mass is 35.5. The third-order valence-corrected chi connectivity index (χ3v) is 4.75. The number of carbonyl (C=O) groups excluding carboxylic acids is 1. The topological polar surface area (TPSA) is 79.0 Å². The lowest BCUT2D eigenvalue weighted by atomic mass is 10.2. The van der Waals surface area contributed by atoms with E-state index in [0.29, 0.717) is 21.6 Å². The van der Waals surface area contributed by atoms with Crippen LogP contribution in [0.15, 0.2) is 77.0 Å². The van der Waals surface area contributed by atoms with Crippen LogP contribution in [0.5, 0.6) is 5.88 Å². The third-order valence-electron chi connectivity index (χ3n) is 4.51. The number of nitrogens with zero attached hydrogens (tertiary/aromatic N) is 3. The highest BCUT2D eigenvalue weighted by Crippen LogP contribution is 2.40. The number of hydrogen-bond acceptors (Lipinski definition) is 4.